The third-order valence-electron chi connectivity index (χ3n) is 3.43. The fourth-order valence-electron chi connectivity index (χ4n) is 2.44. The molecule has 0 aliphatic carbocycles. The Kier molecular flexibility index (Phi) is 3.75. The number of nitrogens with one attached hydrogen (secondary N) is 1. The molecule has 0 atom stereocenters. The average molecular weight is 284 g/mol. The highest BCUT2D eigenvalue weighted by molar-refractivity contribution is 5.80. The summed E-state index contributed by atoms with van der Waals surface area (Å²) in [7, 11) is 0. The molecule has 21 heavy (non-hydrogen) atoms. The standard InChI is InChI=1S/C16H20N4O/c1-11(2)18-8-13-9-20(10-14-7-12(3)21-19-14)16-15(13)5-4-6-17-16/h4-7,9,11,18H,8,10H2,1-3H3. The maximum atomic E-state index is 5.14. The maximum absolute atomic E-state index is 5.14. The largest absolute Gasteiger partial charge is 0.361 e. The highest BCUT2D eigenvalue weighted by Crippen LogP contribution is 2.20. The van der Waals surface area contributed by atoms with Crippen LogP contribution in [0.15, 0.2) is 35.1 Å². The molecule has 3 heterocycles. The van der Waals surface area contributed by atoms with Gasteiger partial charge < -0.3 is 14.4 Å². The summed E-state index contributed by atoms with van der Waals surface area (Å²) in [6, 6.07) is 6.51. The Labute approximate surface area is 124 Å². The first-order chi connectivity index (χ1) is 10.1. The van der Waals surface area contributed by atoms with E-state index in [4.69, 9.17) is 4.52 Å². The molecule has 0 radical (unpaired) electrons. The second kappa shape index (κ2) is 5.69. The second-order valence-corrected chi connectivity index (χ2v) is 5.62. The number of hydrogen-bond acceptors (Lipinski definition) is 4. The monoisotopic (exact) mass is 284 g/mol. The molecule has 110 valence electrons. The van der Waals surface area contributed by atoms with Gasteiger partial charge in [0.2, 0.25) is 0 Å². The number of pyridine rings is 1. The molecule has 0 bridgehead atoms. The van der Waals surface area contributed by atoms with E-state index in [1.807, 2.05) is 25.3 Å². The van der Waals surface area contributed by atoms with Crippen molar-refractivity contribution >= 4 is 11.0 Å². The van der Waals surface area contributed by atoms with Crippen molar-refractivity contribution in [1.82, 2.24) is 20.0 Å². The number of aromatic nitrogens is 3. The van der Waals surface area contributed by atoms with Crippen LogP contribution in [0, 0.1) is 6.92 Å². The fourth-order valence-corrected chi connectivity index (χ4v) is 2.44. The van der Waals surface area contributed by atoms with Gasteiger partial charge in [-0.3, -0.25) is 0 Å². The van der Waals surface area contributed by atoms with Gasteiger partial charge >= 0.3 is 0 Å². The molecule has 0 spiro atoms. The van der Waals surface area contributed by atoms with Crippen LogP contribution in [0.2, 0.25) is 0 Å². The normalized spacial score (nSPS) is 11.6. The summed E-state index contributed by atoms with van der Waals surface area (Å²) in [5.41, 5.74) is 3.16. The summed E-state index contributed by atoms with van der Waals surface area (Å²) >= 11 is 0. The predicted octanol–water partition coefficient (Wildman–Crippen LogP) is 2.88. The molecule has 0 amide bonds. The highest BCUT2D eigenvalue weighted by Gasteiger charge is 2.11. The quantitative estimate of drug-likeness (QED) is 0.782. The van der Waals surface area contributed by atoms with Gasteiger partial charge in [0.05, 0.1) is 6.54 Å². The van der Waals surface area contributed by atoms with E-state index < -0.39 is 0 Å². The van der Waals surface area contributed by atoms with Crippen LogP contribution in [0.3, 0.4) is 0 Å². The van der Waals surface area contributed by atoms with Gasteiger partial charge in [0, 0.05) is 36.4 Å². The van der Waals surface area contributed by atoms with Gasteiger partial charge in [-0.15, -0.1) is 0 Å². The Morgan fingerprint density at radius 1 is 1.38 bits per heavy atom. The van der Waals surface area contributed by atoms with Gasteiger partial charge in [-0.25, -0.2) is 4.98 Å². The van der Waals surface area contributed by atoms with Crippen LogP contribution < -0.4 is 5.32 Å². The van der Waals surface area contributed by atoms with Gasteiger partial charge in [-0.2, -0.15) is 0 Å². The number of rotatable bonds is 5. The minimum Gasteiger partial charge on any atom is -0.361 e. The van der Waals surface area contributed by atoms with E-state index in [9.17, 15) is 0 Å². The summed E-state index contributed by atoms with van der Waals surface area (Å²) in [4.78, 5) is 4.51. The summed E-state index contributed by atoms with van der Waals surface area (Å²) in [6.07, 6.45) is 3.98. The minimum absolute atomic E-state index is 0.457. The zero-order valence-electron chi connectivity index (χ0n) is 12.6. The molecule has 5 nitrogen and oxygen atoms in total. The van der Waals surface area contributed by atoms with E-state index in [2.05, 4.69) is 46.1 Å². The third-order valence-corrected chi connectivity index (χ3v) is 3.43. The Morgan fingerprint density at radius 3 is 2.95 bits per heavy atom. The molecule has 3 aromatic rings. The van der Waals surface area contributed by atoms with Crippen LogP contribution in [0.4, 0.5) is 0 Å². The molecule has 0 saturated carbocycles. The summed E-state index contributed by atoms with van der Waals surface area (Å²) in [5.74, 6) is 0.830. The van der Waals surface area contributed by atoms with Crippen molar-refractivity contribution in [2.75, 3.05) is 0 Å². The summed E-state index contributed by atoms with van der Waals surface area (Å²) < 4.78 is 7.27. The van der Waals surface area contributed by atoms with Gasteiger partial charge in [0.25, 0.3) is 0 Å². The lowest BCUT2D eigenvalue weighted by Gasteiger charge is -2.06. The van der Waals surface area contributed by atoms with E-state index in [0.717, 1.165) is 23.6 Å². The predicted molar refractivity (Wildman–Crippen MR) is 82.1 cm³/mol. The van der Waals surface area contributed by atoms with Crippen LogP contribution in [0.25, 0.3) is 11.0 Å². The number of nitrogens with zero attached hydrogens (tertiary/aromatic N) is 3. The maximum Gasteiger partial charge on any atom is 0.140 e. The zero-order chi connectivity index (χ0) is 14.8. The van der Waals surface area contributed by atoms with Crippen molar-refractivity contribution in [3.05, 3.63) is 47.6 Å². The SMILES string of the molecule is Cc1cc(Cn2cc(CNC(C)C)c3cccnc32)no1. The van der Waals surface area contributed by atoms with Crippen LogP contribution in [0.1, 0.15) is 30.9 Å². The van der Waals surface area contributed by atoms with E-state index in [-0.39, 0.29) is 0 Å². The molecule has 3 rings (SSSR count). The fraction of sp³-hybridized carbons (Fsp3) is 0.375. The topological polar surface area (TPSA) is 55.9 Å². The number of aryl methyl sites for hydroxylation is 1. The van der Waals surface area contributed by atoms with Crippen molar-refractivity contribution in [2.24, 2.45) is 0 Å². The van der Waals surface area contributed by atoms with Crippen molar-refractivity contribution in [2.45, 2.75) is 39.9 Å². The molecule has 0 aromatic carbocycles. The zero-order valence-corrected chi connectivity index (χ0v) is 12.6. The molecule has 3 aromatic heterocycles. The third kappa shape index (κ3) is 2.97. The van der Waals surface area contributed by atoms with Crippen LogP contribution >= 0.6 is 0 Å². The first-order valence-corrected chi connectivity index (χ1v) is 7.22. The lowest BCUT2D eigenvalue weighted by Crippen LogP contribution is -2.21. The Balaban J connectivity index is 1.94. The van der Waals surface area contributed by atoms with Gasteiger partial charge in [-0.05, 0) is 24.6 Å². The molecule has 0 aliphatic rings. The molecule has 5 heteroatoms. The van der Waals surface area contributed by atoms with E-state index in [0.29, 0.717) is 12.6 Å². The van der Waals surface area contributed by atoms with Crippen LogP contribution in [-0.2, 0) is 13.1 Å². The van der Waals surface area contributed by atoms with Crippen molar-refractivity contribution in [1.29, 1.82) is 0 Å². The highest BCUT2D eigenvalue weighted by atomic mass is 16.5. The van der Waals surface area contributed by atoms with Gasteiger partial charge in [0.15, 0.2) is 0 Å². The molecular weight excluding hydrogens is 264 g/mol. The Morgan fingerprint density at radius 2 is 2.24 bits per heavy atom. The van der Waals surface area contributed by atoms with E-state index in [1.165, 1.54) is 10.9 Å². The molecular formula is C16H20N4O. The van der Waals surface area contributed by atoms with Crippen molar-refractivity contribution in [3.63, 3.8) is 0 Å². The molecule has 0 saturated heterocycles. The first-order valence-electron chi connectivity index (χ1n) is 7.22. The Hall–Kier alpha value is -2.14. The molecule has 0 aliphatic heterocycles. The number of hydrogen-bond donors (Lipinski definition) is 1. The first kappa shape index (κ1) is 13.8. The lowest BCUT2D eigenvalue weighted by molar-refractivity contribution is 0.389. The van der Waals surface area contributed by atoms with Crippen LogP contribution in [0.5, 0.6) is 0 Å². The van der Waals surface area contributed by atoms with E-state index in [1.54, 1.807) is 0 Å². The average Bonchev–Trinajstić information content (AvgIpc) is 3.02. The smallest absolute Gasteiger partial charge is 0.140 e. The second-order valence-electron chi connectivity index (χ2n) is 5.62. The summed E-state index contributed by atoms with van der Waals surface area (Å²) in [6.45, 7) is 7.71. The Bertz CT molecular complexity index is 742. The van der Waals surface area contributed by atoms with Crippen molar-refractivity contribution < 1.29 is 4.52 Å². The molecule has 0 fully saturated rings. The van der Waals surface area contributed by atoms with Crippen LogP contribution in [-0.4, -0.2) is 20.7 Å². The van der Waals surface area contributed by atoms with Gasteiger partial charge in [0.1, 0.15) is 17.1 Å². The lowest BCUT2D eigenvalue weighted by atomic mass is 10.2. The molecule has 0 unspecified atom stereocenters. The number of fused-ring (bicyclic) bond motifs is 1. The van der Waals surface area contributed by atoms with E-state index >= 15 is 0 Å². The van der Waals surface area contributed by atoms with Crippen molar-refractivity contribution in [3.8, 4) is 0 Å². The van der Waals surface area contributed by atoms with Gasteiger partial charge in [-0.1, -0.05) is 19.0 Å². The molecule has 1 N–H and O–H groups in total. The summed E-state index contributed by atoms with van der Waals surface area (Å²) in [5, 5.41) is 8.71. The minimum atomic E-state index is 0.457.